The number of Topliss-reactive ketones (excluding diaryl/α,β-unsaturated/α-hetero) is 1. The van der Waals surface area contributed by atoms with Crippen molar-refractivity contribution in [2.45, 2.75) is 58.7 Å². The predicted octanol–water partition coefficient (Wildman–Crippen LogP) is 4.59. The number of ketones is 1. The molecule has 0 saturated carbocycles. The standard InChI is InChI=1S/C30H35ClF2N6O4.ClH/c1-15(34-5)28(41)38-26(30(2,3)4)29(42)39-10-9-21(39)22(40)12-16-11-17-20(13-23(16)43-6)35-14-36-27(17)37-19-8-7-18(32)24(31)25(19)33;/h7-8,11,13-15,21,26,34H,9-10,12H2,1-6H3,(H,38,41)(H,35,36,37);1H/t15-,21-,26+;/m0./s1. The van der Waals surface area contributed by atoms with Gasteiger partial charge in [-0.1, -0.05) is 32.4 Å². The van der Waals surface area contributed by atoms with E-state index in [4.69, 9.17) is 16.3 Å². The fourth-order valence-corrected chi connectivity index (χ4v) is 4.98. The van der Waals surface area contributed by atoms with Crippen molar-refractivity contribution in [2.24, 2.45) is 5.41 Å². The van der Waals surface area contributed by atoms with Crippen LogP contribution in [0.5, 0.6) is 5.75 Å². The molecule has 2 heterocycles. The molecule has 1 saturated heterocycles. The van der Waals surface area contributed by atoms with Crippen LogP contribution in [0.3, 0.4) is 0 Å². The summed E-state index contributed by atoms with van der Waals surface area (Å²) in [5.41, 5.74) is 0.285. The third-order valence-electron chi connectivity index (χ3n) is 7.59. The van der Waals surface area contributed by atoms with Gasteiger partial charge in [-0.3, -0.25) is 14.4 Å². The number of methoxy groups -OCH3 is 1. The Morgan fingerprint density at radius 1 is 1.18 bits per heavy atom. The maximum atomic E-state index is 14.6. The molecule has 44 heavy (non-hydrogen) atoms. The number of fused-ring (bicyclic) bond motifs is 1. The van der Waals surface area contributed by atoms with Gasteiger partial charge in [-0.25, -0.2) is 18.7 Å². The van der Waals surface area contributed by atoms with E-state index in [1.54, 1.807) is 26.1 Å². The number of likely N-dealkylation sites (N-methyl/N-ethyl adjacent to an activating group) is 1. The summed E-state index contributed by atoms with van der Waals surface area (Å²) < 4.78 is 33.8. The lowest BCUT2D eigenvalue weighted by molar-refractivity contribution is -0.151. The van der Waals surface area contributed by atoms with Crippen molar-refractivity contribution in [3.63, 3.8) is 0 Å². The number of aromatic nitrogens is 2. The molecule has 4 rings (SSSR count). The van der Waals surface area contributed by atoms with Crippen LogP contribution in [0.1, 0.15) is 39.7 Å². The molecular formula is C30H36Cl2F2N6O4. The average Bonchev–Trinajstić information content (AvgIpc) is 2.94. The van der Waals surface area contributed by atoms with Crippen LogP contribution in [0.2, 0.25) is 5.02 Å². The summed E-state index contributed by atoms with van der Waals surface area (Å²) in [7, 11) is 3.12. The molecule has 238 valence electrons. The van der Waals surface area contributed by atoms with Crippen LogP contribution in [0.15, 0.2) is 30.6 Å². The van der Waals surface area contributed by atoms with Gasteiger partial charge in [0.15, 0.2) is 11.6 Å². The van der Waals surface area contributed by atoms with Crippen LogP contribution in [0.25, 0.3) is 10.9 Å². The second-order valence-electron chi connectivity index (χ2n) is 11.5. The van der Waals surface area contributed by atoms with Gasteiger partial charge >= 0.3 is 0 Å². The van der Waals surface area contributed by atoms with Gasteiger partial charge in [0, 0.05) is 30.0 Å². The van der Waals surface area contributed by atoms with Gasteiger partial charge < -0.3 is 25.6 Å². The van der Waals surface area contributed by atoms with Gasteiger partial charge in [-0.15, -0.1) is 12.4 Å². The summed E-state index contributed by atoms with van der Waals surface area (Å²) in [5.74, 6) is -2.09. The van der Waals surface area contributed by atoms with E-state index in [0.29, 0.717) is 35.2 Å². The van der Waals surface area contributed by atoms with E-state index in [0.717, 1.165) is 6.07 Å². The van der Waals surface area contributed by atoms with Crippen molar-refractivity contribution in [1.29, 1.82) is 0 Å². The summed E-state index contributed by atoms with van der Waals surface area (Å²) in [4.78, 5) is 49.7. The number of benzene rings is 2. The highest BCUT2D eigenvalue weighted by atomic mass is 35.5. The van der Waals surface area contributed by atoms with Gasteiger partial charge in [0.1, 0.15) is 34.8 Å². The van der Waals surface area contributed by atoms with Crippen molar-refractivity contribution in [3.8, 4) is 5.75 Å². The minimum atomic E-state index is -0.975. The van der Waals surface area contributed by atoms with Crippen LogP contribution in [0, 0.1) is 17.0 Å². The number of amides is 2. The topological polar surface area (TPSA) is 126 Å². The van der Waals surface area contributed by atoms with Crippen molar-refractivity contribution in [2.75, 3.05) is 26.0 Å². The zero-order valence-corrected chi connectivity index (χ0v) is 26.8. The van der Waals surface area contributed by atoms with Crippen LogP contribution < -0.4 is 20.7 Å². The normalized spacial score (nSPS) is 15.9. The van der Waals surface area contributed by atoms with Crippen molar-refractivity contribution in [3.05, 3.63) is 52.8 Å². The Morgan fingerprint density at radius 3 is 2.48 bits per heavy atom. The first kappa shape index (κ1) is 34.9. The molecule has 2 amide bonds. The molecular weight excluding hydrogens is 617 g/mol. The van der Waals surface area contributed by atoms with Gasteiger partial charge in [0.05, 0.1) is 30.4 Å². The highest BCUT2D eigenvalue weighted by molar-refractivity contribution is 6.31. The number of anilines is 2. The lowest BCUT2D eigenvalue weighted by Crippen LogP contribution is -2.64. The quantitative estimate of drug-likeness (QED) is 0.272. The highest BCUT2D eigenvalue weighted by Crippen LogP contribution is 2.34. The molecule has 0 bridgehead atoms. The first-order chi connectivity index (χ1) is 20.3. The second-order valence-corrected chi connectivity index (χ2v) is 11.9. The minimum absolute atomic E-state index is 0. The Labute approximate surface area is 265 Å². The van der Waals surface area contributed by atoms with Crippen molar-refractivity contribution >= 4 is 64.0 Å². The largest absolute Gasteiger partial charge is 0.496 e. The van der Waals surface area contributed by atoms with Crippen molar-refractivity contribution in [1.82, 2.24) is 25.5 Å². The number of hydrogen-bond donors (Lipinski definition) is 3. The van der Waals surface area contributed by atoms with E-state index in [1.165, 1.54) is 24.4 Å². The Hall–Kier alpha value is -3.61. The molecule has 0 radical (unpaired) electrons. The molecule has 3 aromatic rings. The molecule has 14 heteroatoms. The zero-order valence-electron chi connectivity index (χ0n) is 25.3. The smallest absolute Gasteiger partial charge is 0.246 e. The molecule has 0 spiro atoms. The number of nitrogens with one attached hydrogen (secondary N) is 3. The first-order valence-corrected chi connectivity index (χ1v) is 14.2. The monoisotopic (exact) mass is 652 g/mol. The van der Waals surface area contributed by atoms with Crippen LogP contribution >= 0.6 is 24.0 Å². The second kappa shape index (κ2) is 14.0. The molecule has 3 atom stereocenters. The van der Waals surface area contributed by atoms with E-state index in [2.05, 4.69) is 25.9 Å². The lowest BCUT2D eigenvalue weighted by Gasteiger charge is -2.44. The van der Waals surface area contributed by atoms with Crippen LogP contribution in [-0.4, -0.2) is 71.3 Å². The minimum Gasteiger partial charge on any atom is -0.496 e. The number of hydrogen-bond acceptors (Lipinski definition) is 8. The molecule has 1 aliphatic rings. The fourth-order valence-electron chi connectivity index (χ4n) is 4.81. The molecule has 2 aromatic carbocycles. The fraction of sp³-hybridized carbons (Fsp3) is 0.433. The van der Waals surface area contributed by atoms with E-state index in [9.17, 15) is 23.2 Å². The van der Waals surface area contributed by atoms with E-state index < -0.39 is 40.2 Å². The molecule has 1 aromatic heterocycles. The molecule has 0 unspecified atom stereocenters. The molecule has 0 aliphatic carbocycles. The first-order valence-electron chi connectivity index (χ1n) is 13.8. The third kappa shape index (κ3) is 7.19. The summed E-state index contributed by atoms with van der Waals surface area (Å²) >= 11 is 5.73. The Morgan fingerprint density at radius 2 is 1.89 bits per heavy atom. The highest BCUT2D eigenvalue weighted by Gasteiger charge is 2.44. The van der Waals surface area contributed by atoms with Crippen LogP contribution in [0.4, 0.5) is 20.3 Å². The molecule has 10 nitrogen and oxygen atoms in total. The van der Waals surface area contributed by atoms with Crippen LogP contribution in [-0.2, 0) is 20.8 Å². The number of rotatable bonds is 10. The summed E-state index contributed by atoms with van der Waals surface area (Å²) in [5, 5.41) is 8.34. The van der Waals surface area contributed by atoms with Gasteiger partial charge in [-0.05, 0) is 44.0 Å². The Balaban J connectivity index is 0.00000529. The zero-order chi connectivity index (χ0) is 31.6. The Bertz CT molecular complexity index is 1570. The molecule has 1 fully saturated rings. The number of nitrogens with zero attached hydrogens (tertiary/aromatic N) is 3. The van der Waals surface area contributed by atoms with E-state index in [1.807, 2.05) is 20.8 Å². The molecule has 3 N–H and O–H groups in total. The van der Waals surface area contributed by atoms with E-state index >= 15 is 0 Å². The van der Waals surface area contributed by atoms with Crippen molar-refractivity contribution < 1.29 is 27.9 Å². The third-order valence-corrected chi connectivity index (χ3v) is 7.94. The maximum absolute atomic E-state index is 14.6. The predicted molar refractivity (Wildman–Crippen MR) is 167 cm³/mol. The van der Waals surface area contributed by atoms with Gasteiger partial charge in [0.2, 0.25) is 11.8 Å². The summed E-state index contributed by atoms with van der Waals surface area (Å²) in [6, 6.07) is 3.55. The summed E-state index contributed by atoms with van der Waals surface area (Å²) in [6.45, 7) is 7.66. The number of ether oxygens (including phenoxy) is 1. The number of carbonyl (C=O) groups is 3. The number of carbonyl (C=O) groups excluding carboxylic acids is 3. The molecule has 1 aliphatic heterocycles. The Kier molecular flexibility index (Phi) is 11.1. The van der Waals surface area contributed by atoms with Gasteiger partial charge in [-0.2, -0.15) is 0 Å². The summed E-state index contributed by atoms with van der Waals surface area (Å²) in [6.07, 6.45) is 1.69. The number of likely N-dealkylation sites (tertiary alicyclic amines) is 1. The average molecular weight is 654 g/mol. The SMILES string of the molecule is CN[C@@H](C)C(=O)N[C@H](C(=O)N1CC[C@H]1C(=O)Cc1cc2c(Nc3ccc(F)c(Cl)c3F)ncnc2cc1OC)C(C)(C)C.Cl. The lowest BCUT2D eigenvalue weighted by atomic mass is 9.83. The van der Waals surface area contributed by atoms with E-state index in [-0.39, 0.29) is 47.9 Å². The van der Waals surface area contributed by atoms with Gasteiger partial charge in [0.25, 0.3) is 0 Å². The maximum Gasteiger partial charge on any atom is 0.246 e. The number of halogens is 4.